The number of carbonyl (C=O) groups excluding carboxylic acids is 1. The molecule has 0 saturated carbocycles. The van der Waals surface area contributed by atoms with Gasteiger partial charge in [-0.25, -0.2) is 17.9 Å². The smallest absolute Gasteiger partial charge is 0.336 e. The van der Waals surface area contributed by atoms with Gasteiger partial charge in [-0.15, -0.1) is 0 Å². The number of carbonyl (C=O) groups is 1. The Kier molecular flexibility index (Phi) is 6.55. The Labute approximate surface area is 152 Å². The molecule has 1 unspecified atom stereocenters. The second-order valence-corrected chi connectivity index (χ2v) is 8.96. The van der Waals surface area contributed by atoms with Crippen molar-refractivity contribution >= 4 is 32.6 Å². The summed E-state index contributed by atoms with van der Waals surface area (Å²) in [6.07, 6.45) is 0.849. The van der Waals surface area contributed by atoms with Gasteiger partial charge in [0.05, 0.1) is 5.25 Å². The molecule has 0 aliphatic heterocycles. The van der Waals surface area contributed by atoms with Crippen LogP contribution in [0.3, 0.4) is 0 Å². The molecule has 0 aliphatic rings. The van der Waals surface area contributed by atoms with E-state index in [1.807, 2.05) is 6.92 Å². The molecular weight excluding hydrogens is 356 g/mol. The summed E-state index contributed by atoms with van der Waals surface area (Å²) in [6.45, 7) is 5.45. The molecule has 1 atom stereocenters. The number of fused-ring (bicyclic) bond motifs is 1. The molecule has 142 valence electrons. The minimum atomic E-state index is -3.29. The van der Waals surface area contributed by atoms with Gasteiger partial charge in [0.2, 0.25) is 15.9 Å². The van der Waals surface area contributed by atoms with Crippen LogP contribution < -0.4 is 15.7 Å². The molecular formula is C18H24N2O5S. The van der Waals surface area contributed by atoms with Gasteiger partial charge in [-0.3, -0.25) is 4.79 Å². The van der Waals surface area contributed by atoms with Gasteiger partial charge >= 0.3 is 5.63 Å². The van der Waals surface area contributed by atoms with E-state index in [0.717, 1.165) is 5.39 Å². The first kappa shape index (κ1) is 20.1. The zero-order chi connectivity index (χ0) is 19.3. The van der Waals surface area contributed by atoms with Gasteiger partial charge < -0.3 is 9.73 Å². The van der Waals surface area contributed by atoms with E-state index in [9.17, 15) is 18.0 Å². The van der Waals surface area contributed by atoms with E-state index in [1.165, 1.54) is 6.07 Å². The van der Waals surface area contributed by atoms with Crippen molar-refractivity contribution in [2.24, 2.45) is 5.92 Å². The second-order valence-electron chi connectivity index (χ2n) is 6.64. The van der Waals surface area contributed by atoms with Crippen LogP contribution in [-0.2, 0) is 14.8 Å². The van der Waals surface area contributed by atoms with Gasteiger partial charge in [-0.2, -0.15) is 0 Å². The molecule has 2 rings (SSSR count). The van der Waals surface area contributed by atoms with Gasteiger partial charge in [0, 0.05) is 30.1 Å². The molecule has 1 heterocycles. The molecule has 0 bridgehead atoms. The van der Waals surface area contributed by atoms with Crippen LogP contribution in [0.5, 0.6) is 0 Å². The lowest BCUT2D eigenvalue weighted by molar-refractivity contribution is -0.116. The fraction of sp³-hybridized carbons (Fsp3) is 0.444. The predicted molar refractivity (Wildman–Crippen MR) is 102 cm³/mol. The average molecular weight is 380 g/mol. The Hall–Kier alpha value is -2.19. The highest BCUT2D eigenvalue weighted by molar-refractivity contribution is 7.90. The number of nitrogens with one attached hydrogen (secondary N) is 2. The number of benzene rings is 1. The average Bonchev–Trinajstić information content (AvgIpc) is 2.58. The second kappa shape index (κ2) is 8.46. The Bertz CT molecular complexity index is 934. The number of sulfonamides is 1. The molecule has 1 amide bonds. The summed E-state index contributed by atoms with van der Waals surface area (Å²) in [6, 6.07) is 8.00. The van der Waals surface area contributed by atoms with Crippen molar-refractivity contribution in [3.63, 3.8) is 0 Å². The molecule has 8 heteroatoms. The maximum absolute atomic E-state index is 12.1. The van der Waals surface area contributed by atoms with Crippen LogP contribution >= 0.6 is 0 Å². The van der Waals surface area contributed by atoms with Gasteiger partial charge in [0.1, 0.15) is 5.58 Å². The largest absolute Gasteiger partial charge is 0.423 e. The molecule has 0 fully saturated rings. The SMILES string of the molecule is CC(CCC(=O)Nc1ccc2oc(=O)ccc2c1)CNS(=O)(=O)C(C)C. The molecule has 0 saturated heterocycles. The molecule has 7 nitrogen and oxygen atoms in total. The normalized spacial score (nSPS) is 13.1. The Morgan fingerprint density at radius 2 is 1.88 bits per heavy atom. The fourth-order valence-corrected chi connectivity index (χ4v) is 3.13. The molecule has 0 spiro atoms. The van der Waals surface area contributed by atoms with Crippen LogP contribution in [0.2, 0.25) is 0 Å². The maximum Gasteiger partial charge on any atom is 0.336 e. The van der Waals surface area contributed by atoms with Crippen molar-refractivity contribution in [2.45, 2.75) is 38.9 Å². The van der Waals surface area contributed by atoms with Crippen LogP contribution in [0, 0.1) is 5.92 Å². The van der Waals surface area contributed by atoms with E-state index in [-0.39, 0.29) is 18.2 Å². The van der Waals surface area contributed by atoms with Crippen LogP contribution in [0.15, 0.2) is 39.5 Å². The highest BCUT2D eigenvalue weighted by atomic mass is 32.2. The van der Waals surface area contributed by atoms with Gasteiger partial charge in [-0.1, -0.05) is 6.92 Å². The molecule has 26 heavy (non-hydrogen) atoms. The van der Waals surface area contributed by atoms with Crippen molar-refractivity contribution in [3.8, 4) is 0 Å². The van der Waals surface area contributed by atoms with E-state index in [1.54, 1.807) is 38.1 Å². The summed E-state index contributed by atoms with van der Waals surface area (Å²) in [4.78, 5) is 23.3. The first-order chi connectivity index (χ1) is 12.2. The van der Waals surface area contributed by atoms with Crippen LogP contribution in [-0.4, -0.2) is 26.1 Å². The zero-order valence-electron chi connectivity index (χ0n) is 15.1. The predicted octanol–water partition coefficient (Wildman–Crippen LogP) is 2.48. The van der Waals surface area contributed by atoms with Crippen LogP contribution in [0.1, 0.15) is 33.6 Å². The lowest BCUT2D eigenvalue weighted by Gasteiger charge is -2.14. The Balaban J connectivity index is 1.85. The summed E-state index contributed by atoms with van der Waals surface area (Å²) in [5, 5.41) is 3.04. The first-order valence-electron chi connectivity index (χ1n) is 8.49. The topological polar surface area (TPSA) is 105 Å². The fourth-order valence-electron chi connectivity index (χ4n) is 2.28. The monoisotopic (exact) mass is 380 g/mol. The first-order valence-corrected chi connectivity index (χ1v) is 10.0. The van der Waals surface area contributed by atoms with Crippen molar-refractivity contribution in [1.82, 2.24) is 4.72 Å². The number of hydrogen-bond acceptors (Lipinski definition) is 5. The van der Waals surface area contributed by atoms with E-state index in [4.69, 9.17) is 4.42 Å². The van der Waals surface area contributed by atoms with Gasteiger partial charge in [0.25, 0.3) is 0 Å². The minimum Gasteiger partial charge on any atom is -0.423 e. The number of rotatable bonds is 8. The van der Waals surface area contributed by atoms with Gasteiger partial charge in [-0.05, 0) is 50.5 Å². The van der Waals surface area contributed by atoms with E-state index >= 15 is 0 Å². The van der Waals surface area contributed by atoms with E-state index in [0.29, 0.717) is 24.2 Å². The Morgan fingerprint density at radius 1 is 1.15 bits per heavy atom. The quantitative estimate of drug-likeness (QED) is 0.685. The summed E-state index contributed by atoms with van der Waals surface area (Å²) in [5.74, 6) is -0.111. The van der Waals surface area contributed by atoms with Crippen molar-refractivity contribution in [3.05, 3.63) is 40.8 Å². The molecule has 0 aliphatic carbocycles. The number of amides is 1. The standard InChI is InChI=1S/C18H24N2O5S/c1-12(2)26(23,24)19-11-13(3)4-8-17(21)20-15-6-7-16-14(10-15)5-9-18(22)25-16/h5-7,9-10,12-13,19H,4,8,11H2,1-3H3,(H,20,21). The molecule has 0 radical (unpaired) electrons. The highest BCUT2D eigenvalue weighted by Crippen LogP contribution is 2.18. The van der Waals surface area contributed by atoms with Gasteiger partial charge in [0.15, 0.2) is 0 Å². The zero-order valence-corrected chi connectivity index (χ0v) is 15.9. The summed E-state index contributed by atoms with van der Waals surface area (Å²) in [5.41, 5.74) is 0.655. The summed E-state index contributed by atoms with van der Waals surface area (Å²) in [7, 11) is -3.29. The van der Waals surface area contributed by atoms with Crippen molar-refractivity contribution in [1.29, 1.82) is 0 Å². The number of anilines is 1. The van der Waals surface area contributed by atoms with E-state index < -0.39 is 20.9 Å². The van der Waals surface area contributed by atoms with Crippen molar-refractivity contribution in [2.75, 3.05) is 11.9 Å². The lowest BCUT2D eigenvalue weighted by Crippen LogP contribution is -2.34. The summed E-state index contributed by atoms with van der Waals surface area (Å²) >= 11 is 0. The third kappa shape index (κ3) is 5.67. The third-order valence-electron chi connectivity index (χ3n) is 4.02. The van der Waals surface area contributed by atoms with Crippen LogP contribution in [0.4, 0.5) is 5.69 Å². The van der Waals surface area contributed by atoms with Crippen molar-refractivity contribution < 1.29 is 17.6 Å². The van der Waals surface area contributed by atoms with Crippen LogP contribution in [0.25, 0.3) is 11.0 Å². The molecule has 1 aromatic heterocycles. The third-order valence-corrected chi connectivity index (χ3v) is 5.83. The summed E-state index contributed by atoms with van der Waals surface area (Å²) < 4.78 is 31.1. The maximum atomic E-state index is 12.1. The van der Waals surface area contributed by atoms with E-state index in [2.05, 4.69) is 10.0 Å². The molecule has 2 aromatic rings. The minimum absolute atomic E-state index is 0.0418. The lowest BCUT2D eigenvalue weighted by atomic mass is 10.1. The Morgan fingerprint density at radius 3 is 2.58 bits per heavy atom. The molecule has 2 N–H and O–H groups in total. The molecule has 1 aromatic carbocycles. The highest BCUT2D eigenvalue weighted by Gasteiger charge is 2.16. The number of hydrogen-bond donors (Lipinski definition) is 2.